The van der Waals surface area contributed by atoms with Gasteiger partial charge in [-0.3, -0.25) is 19.0 Å². The quantitative estimate of drug-likeness (QED) is 0.695. The summed E-state index contributed by atoms with van der Waals surface area (Å²) in [6, 6.07) is 9.53. The van der Waals surface area contributed by atoms with Crippen LogP contribution < -0.4 is 11.2 Å². The Labute approximate surface area is 154 Å². The molecule has 0 fully saturated rings. The Bertz CT molecular complexity index is 1080. The lowest BCUT2D eigenvalue weighted by atomic mass is 10.1. The Hall–Kier alpha value is -2.87. The van der Waals surface area contributed by atoms with Gasteiger partial charge < -0.3 is 0 Å². The largest absolute Gasteiger partial charge is 0.330 e. The van der Waals surface area contributed by atoms with E-state index in [2.05, 4.69) is 28.2 Å². The molecule has 0 radical (unpaired) electrons. The first-order chi connectivity index (χ1) is 12.5. The highest BCUT2D eigenvalue weighted by Gasteiger charge is 2.08. The fourth-order valence-corrected chi connectivity index (χ4v) is 3.22. The number of rotatable bonds is 5. The molecule has 134 valence electrons. The molecule has 0 aliphatic rings. The van der Waals surface area contributed by atoms with Crippen LogP contribution in [-0.4, -0.2) is 24.3 Å². The number of hydrogen-bond donors (Lipinski definition) is 1. The molecule has 8 heteroatoms. The molecule has 2 heterocycles. The average Bonchev–Trinajstić information content (AvgIpc) is 3.09. The maximum absolute atomic E-state index is 11.9. The number of aromatic nitrogens is 5. The van der Waals surface area contributed by atoms with Gasteiger partial charge in [-0.1, -0.05) is 42.1 Å². The van der Waals surface area contributed by atoms with E-state index in [-0.39, 0.29) is 11.2 Å². The van der Waals surface area contributed by atoms with E-state index in [0.717, 1.165) is 10.1 Å². The number of nitrogens with one attached hydrogen (secondary N) is 1. The van der Waals surface area contributed by atoms with Gasteiger partial charge >= 0.3 is 5.69 Å². The number of nitrogens with zero attached hydrogens (tertiary/aromatic N) is 4. The molecule has 3 aromatic rings. The summed E-state index contributed by atoms with van der Waals surface area (Å²) in [5.74, 6) is 1.08. The molecule has 3 rings (SSSR count). The Morgan fingerprint density at radius 2 is 1.92 bits per heavy atom. The van der Waals surface area contributed by atoms with Crippen molar-refractivity contribution >= 4 is 23.9 Å². The Balaban J connectivity index is 1.71. The highest BCUT2D eigenvalue weighted by Crippen LogP contribution is 2.18. The zero-order valence-corrected chi connectivity index (χ0v) is 15.6. The van der Waals surface area contributed by atoms with Gasteiger partial charge in [0, 0.05) is 31.6 Å². The van der Waals surface area contributed by atoms with Crippen LogP contribution in [0.15, 0.2) is 45.1 Å². The molecule has 0 amide bonds. The van der Waals surface area contributed by atoms with Gasteiger partial charge in [-0.2, -0.15) is 0 Å². The summed E-state index contributed by atoms with van der Waals surface area (Å²) in [7, 11) is 3.11. The first kappa shape index (κ1) is 17.9. The Kier molecular flexibility index (Phi) is 5.22. The zero-order valence-electron chi connectivity index (χ0n) is 14.8. The molecule has 0 unspecified atom stereocenters. The minimum Gasteiger partial charge on any atom is -0.300 e. The molecule has 2 aromatic heterocycles. The summed E-state index contributed by atoms with van der Waals surface area (Å²) in [5, 5.41) is 7.60. The maximum Gasteiger partial charge on any atom is 0.330 e. The summed E-state index contributed by atoms with van der Waals surface area (Å²) in [5.41, 5.74) is 2.27. The van der Waals surface area contributed by atoms with E-state index < -0.39 is 0 Å². The van der Waals surface area contributed by atoms with Crippen LogP contribution in [0.25, 0.3) is 12.2 Å². The lowest BCUT2D eigenvalue weighted by Crippen LogP contribution is -2.37. The standard InChI is InChI=1S/C18H19N5O2S/c1-12-6-4-5-7-13(12)8-9-15-19-17(21-20-15)26-11-14-10-16(24)23(3)18(25)22(14)2/h4-10H,11H2,1-3H3,(H,19,20,21). The predicted octanol–water partition coefficient (Wildman–Crippen LogP) is 1.97. The molecular formula is C18H19N5O2S. The fourth-order valence-electron chi connectivity index (χ4n) is 2.40. The predicted molar refractivity (Wildman–Crippen MR) is 103 cm³/mol. The van der Waals surface area contributed by atoms with E-state index in [1.165, 1.54) is 35.0 Å². The number of thioether (sulfide) groups is 1. The first-order valence-electron chi connectivity index (χ1n) is 8.00. The minimum absolute atomic E-state index is 0.319. The molecule has 26 heavy (non-hydrogen) atoms. The van der Waals surface area contributed by atoms with Gasteiger partial charge in [0.25, 0.3) is 5.56 Å². The number of H-pyrrole nitrogens is 1. The molecule has 1 aromatic carbocycles. The Morgan fingerprint density at radius 3 is 2.69 bits per heavy atom. The van der Waals surface area contributed by atoms with Crippen molar-refractivity contribution in [3.05, 3.63) is 73.8 Å². The molecule has 0 saturated carbocycles. The van der Waals surface area contributed by atoms with Crippen LogP contribution >= 0.6 is 11.8 Å². The molecule has 1 N–H and O–H groups in total. The molecule has 0 atom stereocenters. The highest BCUT2D eigenvalue weighted by atomic mass is 32.2. The van der Waals surface area contributed by atoms with E-state index in [1.54, 1.807) is 7.05 Å². The second-order valence-electron chi connectivity index (χ2n) is 5.86. The normalized spacial score (nSPS) is 11.3. The van der Waals surface area contributed by atoms with Crippen LogP contribution in [0.2, 0.25) is 0 Å². The fraction of sp³-hybridized carbons (Fsp3) is 0.222. The minimum atomic E-state index is -0.343. The molecule has 7 nitrogen and oxygen atoms in total. The second kappa shape index (κ2) is 7.57. The summed E-state index contributed by atoms with van der Waals surface area (Å²) in [6.07, 6.45) is 3.85. The van der Waals surface area contributed by atoms with Crippen molar-refractivity contribution in [2.24, 2.45) is 14.1 Å². The maximum atomic E-state index is 11.9. The van der Waals surface area contributed by atoms with Gasteiger partial charge in [0.05, 0.1) is 0 Å². The number of aromatic amines is 1. The monoisotopic (exact) mass is 369 g/mol. The highest BCUT2D eigenvalue weighted by molar-refractivity contribution is 7.98. The molecular weight excluding hydrogens is 350 g/mol. The van der Waals surface area contributed by atoms with E-state index >= 15 is 0 Å². The van der Waals surface area contributed by atoms with Crippen molar-refractivity contribution in [2.75, 3.05) is 0 Å². The second-order valence-corrected chi connectivity index (χ2v) is 6.80. The van der Waals surface area contributed by atoms with Crippen LogP contribution in [-0.2, 0) is 19.8 Å². The van der Waals surface area contributed by atoms with Crippen molar-refractivity contribution in [1.29, 1.82) is 0 Å². The smallest absolute Gasteiger partial charge is 0.300 e. The van der Waals surface area contributed by atoms with Crippen molar-refractivity contribution in [2.45, 2.75) is 17.8 Å². The van der Waals surface area contributed by atoms with Crippen LogP contribution in [0.3, 0.4) is 0 Å². The SMILES string of the molecule is Cc1ccccc1C=Cc1nc(SCc2cc(=O)n(C)c(=O)n2C)n[nH]1. The van der Waals surface area contributed by atoms with Crippen molar-refractivity contribution in [3.8, 4) is 0 Å². The van der Waals surface area contributed by atoms with Crippen LogP contribution in [0, 0.1) is 6.92 Å². The van der Waals surface area contributed by atoms with Crippen LogP contribution in [0.4, 0.5) is 0 Å². The number of hydrogen-bond acceptors (Lipinski definition) is 5. The van der Waals surface area contributed by atoms with Gasteiger partial charge in [0.1, 0.15) is 5.82 Å². The van der Waals surface area contributed by atoms with Crippen LogP contribution in [0.5, 0.6) is 0 Å². The van der Waals surface area contributed by atoms with E-state index in [9.17, 15) is 9.59 Å². The lowest BCUT2D eigenvalue weighted by molar-refractivity contribution is 0.665. The van der Waals surface area contributed by atoms with Crippen molar-refractivity contribution < 1.29 is 0 Å². The van der Waals surface area contributed by atoms with Gasteiger partial charge in [-0.15, -0.1) is 5.10 Å². The molecule has 0 aliphatic heterocycles. The summed E-state index contributed by atoms with van der Waals surface area (Å²) < 4.78 is 2.54. The number of benzene rings is 1. The van der Waals surface area contributed by atoms with Gasteiger partial charge in [-0.25, -0.2) is 9.78 Å². The van der Waals surface area contributed by atoms with Crippen LogP contribution in [0.1, 0.15) is 22.6 Å². The van der Waals surface area contributed by atoms with Crippen molar-refractivity contribution in [1.82, 2.24) is 24.3 Å². The average molecular weight is 369 g/mol. The van der Waals surface area contributed by atoms with E-state index in [1.807, 2.05) is 30.4 Å². The number of aryl methyl sites for hydroxylation is 1. The summed E-state index contributed by atoms with van der Waals surface area (Å²) >= 11 is 1.36. The van der Waals surface area contributed by atoms with Gasteiger partial charge in [0.2, 0.25) is 5.16 Å². The molecule has 0 bridgehead atoms. The van der Waals surface area contributed by atoms with Gasteiger partial charge in [0.15, 0.2) is 0 Å². The third-order valence-corrected chi connectivity index (χ3v) is 4.95. The zero-order chi connectivity index (χ0) is 18.7. The summed E-state index contributed by atoms with van der Waals surface area (Å²) in [4.78, 5) is 28.1. The van der Waals surface area contributed by atoms with Gasteiger partial charge in [-0.05, 0) is 24.1 Å². The third kappa shape index (κ3) is 3.85. The topological polar surface area (TPSA) is 85.6 Å². The van der Waals surface area contributed by atoms with E-state index in [0.29, 0.717) is 22.4 Å². The molecule has 0 saturated heterocycles. The van der Waals surface area contributed by atoms with E-state index in [4.69, 9.17) is 0 Å². The molecule has 0 aliphatic carbocycles. The Morgan fingerprint density at radius 1 is 1.15 bits per heavy atom. The third-order valence-electron chi connectivity index (χ3n) is 4.07. The lowest BCUT2D eigenvalue weighted by Gasteiger charge is -2.07. The molecule has 0 spiro atoms. The summed E-state index contributed by atoms with van der Waals surface area (Å²) in [6.45, 7) is 2.05. The van der Waals surface area contributed by atoms with Crippen molar-refractivity contribution in [3.63, 3.8) is 0 Å². The first-order valence-corrected chi connectivity index (χ1v) is 8.99.